The van der Waals surface area contributed by atoms with Gasteiger partial charge in [0.15, 0.2) is 15.9 Å². The highest BCUT2D eigenvalue weighted by atomic mass is 32.1. The standard InChI is InChI=1S/C11H8N4OS2/c16-10-8-9(13-4-3-12-8)14-11(17)15(10)6-7-2-1-5-18-7/h1-5H,6H2,(H,13,14,17). The molecule has 90 valence electrons. The topological polar surface area (TPSA) is 63.6 Å². The van der Waals surface area contributed by atoms with Crippen LogP contribution in [0.25, 0.3) is 11.2 Å². The molecule has 0 radical (unpaired) electrons. The van der Waals surface area contributed by atoms with E-state index in [2.05, 4.69) is 15.0 Å². The van der Waals surface area contributed by atoms with Crippen molar-refractivity contribution in [1.82, 2.24) is 19.5 Å². The van der Waals surface area contributed by atoms with Crippen LogP contribution < -0.4 is 5.56 Å². The first kappa shape index (κ1) is 11.2. The zero-order chi connectivity index (χ0) is 12.5. The van der Waals surface area contributed by atoms with E-state index >= 15 is 0 Å². The number of rotatable bonds is 2. The molecule has 1 N–H and O–H groups in total. The summed E-state index contributed by atoms with van der Waals surface area (Å²) in [5.74, 6) is 0. The van der Waals surface area contributed by atoms with Gasteiger partial charge in [-0.15, -0.1) is 11.3 Å². The van der Waals surface area contributed by atoms with Crippen molar-refractivity contribution in [2.24, 2.45) is 0 Å². The number of fused-ring (bicyclic) bond motifs is 1. The number of nitrogens with zero attached hydrogens (tertiary/aromatic N) is 3. The van der Waals surface area contributed by atoms with E-state index in [1.807, 2.05) is 17.5 Å². The van der Waals surface area contributed by atoms with Gasteiger partial charge in [-0.05, 0) is 23.7 Å². The molecule has 0 spiro atoms. The zero-order valence-electron chi connectivity index (χ0n) is 9.16. The van der Waals surface area contributed by atoms with Crippen molar-refractivity contribution in [3.63, 3.8) is 0 Å². The minimum absolute atomic E-state index is 0.213. The Balaban J connectivity index is 2.23. The lowest BCUT2D eigenvalue weighted by atomic mass is 10.4. The SMILES string of the molecule is O=c1c2nccnc2[nH]c(=S)n1Cc1cccs1. The molecular formula is C11H8N4OS2. The summed E-state index contributed by atoms with van der Waals surface area (Å²) in [7, 11) is 0. The molecule has 7 heteroatoms. The van der Waals surface area contributed by atoms with Crippen LogP contribution in [0.2, 0.25) is 0 Å². The number of hydrogen-bond donors (Lipinski definition) is 1. The molecule has 0 fully saturated rings. The smallest absolute Gasteiger partial charge is 0.282 e. The highest BCUT2D eigenvalue weighted by Crippen LogP contribution is 2.10. The second-order valence-electron chi connectivity index (χ2n) is 3.65. The number of hydrogen-bond acceptors (Lipinski definition) is 5. The Morgan fingerprint density at radius 2 is 2.22 bits per heavy atom. The Morgan fingerprint density at radius 1 is 1.39 bits per heavy atom. The summed E-state index contributed by atoms with van der Waals surface area (Å²) in [5, 5.41) is 1.97. The summed E-state index contributed by atoms with van der Waals surface area (Å²) in [5.41, 5.74) is 0.521. The van der Waals surface area contributed by atoms with Gasteiger partial charge in [0.25, 0.3) is 5.56 Å². The maximum atomic E-state index is 12.3. The molecule has 3 aromatic heterocycles. The van der Waals surface area contributed by atoms with Crippen LogP contribution in [0.5, 0.6) is 0 Å². The molecule has 0 bridgehead atoms. The second kappa shape index (κ2) is 4.43. The monoisotopic (exact) mass is 276 g/mol. The molecule has 0 unspecified atom stereocenters. The predicted molar refractivity (Wildman–Crippen MR) is 72.4 cm³/mol. The van der Waals surface area contributed by atoms with E-state index in [9.17, 15) is 4.79 Å². The minimum Gasteiger partial charge on any atom is -0.315 e. The summed E-state index contributed by atoms with van der Waals surface area (Å²) >= 11 is 6.77. The van der Waals surface area contributed by atoms with Crippen molar-refractivity contribution in [3.05, 3.63) is 49.9 Å². The van der Waals surface area contributed by atoms with Crippen molar-refractivity contribution in [2.45, 2.75) is 6.54 Å². The fourth-order valence-corrected chi connectivity index (χ4v) is 2.61. The van der Waals surface area contributed by atoms with Gasteiger partial charge < -0.3 is 4.98 Å². The maximum Gasteiger partial charge on any atom is 0.282 e. The molecule has 3 heterocycles. The molecule has 0 amide bonds. The Bertz CT molecular complexity index is 804. The van der Waals surface area contributed by atoms with E-state index in [-0.39, 0.29) is 5.56 Å². The van der Waals surface area contributed by atoms with Crippen LogP contribution in [0.15, 0.2) is 34.7 Å². The fraction of sp³-hybridized carbons (Fsp3) is 0.0909. The molecule has 0 aliphatic heterocycles. The predicted octanol–water partition coefficient (Wildman–Crippen LogP) is 1.96. The molecule has 0 aromatic carbocycles. The zero-order valence-corrected chi connectivity index (χ0v) is 10.8. The lowest BCUT2D eigenvalue weighted by Gasteiger charge is -2.05. The third-order valence-corrected chi connectivity index (χ3v) is 3.69. The number of aromatic amines is 1. The molecule has 3 rings (SSSR count). The van der Waals surface area contributed by atoms with E-state index in [0.717, 1.165) is 4.88 Å². The quantitative estimate of drug-likeness (QED) is 0.727. The highest BCUT2D eigenvalue weighted by Gasteiger charge is 2.07. The van der Waals surface area contributed by atoms with Crippen LogP contribution in [0, 0.1) is 4.77 Å². The first-order valence-electron chi connectivity index (χ1n) is 5.22. The Morgan fingerprint density at radius 3 is 3.00 bits per heavy atom. The second-order valence-corrected chi connectivity index (χ2v) is 5.07. The molecular weight excluding hydrogens is 268 g/mol. The number of H-pyrrole nitrogens is 1. The Labute approximate surface area is 111 Å². The van der Waals surface area contributed by atoms with Crippen molar-refractivity contribution in [2.75, 3.05) is 0 Å². The van der Waals surface area contributed by atoms with Gasteiger partial charge in [-0.2, -0.15) is 0 Å². The van der Waals surface area contributed by atoms with Gasteiger partial charge in [0.2, 0.25) is 0 Å². The first-order chi connectivity index (χ1) is 8.75. The van der Waals surface area contributed by atoms with Gasteiger partial charge in [-0.25, -0.2) is 9.97 Å². The lowest BCUT2D eigenvalue weighted by Crippen LogP contribution is -2.23. The van der Waals surface area contributed by atoms with Crippen LogP contribution in [-0.2, 0) is 6.54 Å². The summed E-state index contributed by atoms with van der Waals surface area (Å²) in [6, 6.07) is 3.91. The Kier molecular flexibility index (Phi) is 2.77. The van der Waals surface area contributed by atoms with Crippen LogP contribution in [0.4, 0.5) is 0 Å². The van der Waals surface area contributed by atoms with Gasteiger partial charge in [0, 0.05) is 17.3 Å². The fourth-order valence-electron chi connectivity index (χ4n) is 1.68. The summed E-state index contributed by atoms with van der Waals surface area (Å²) in [6.07, 6.45) is 3.02. The first-order valence-corrected chi connectivity index (χ1v) is 6.51. The van der Waals surface area contributed by atoms with Crippen molar-refractivity contribution < 1.29 is 0 Å². The third kappa shape index (κ3) is 1.87. The van der Waals surface area contributed by atoms with Gasteiger partial charge in [-0.3, -0.25) is 9.36 Å². The highest BCUT2D eigenvalue weighted by molar-refractivity contribution is 7.71. The van der Waals surface area contributed by atoms with Gasteiger partial charge >= 0.3 is 0 Å². The molecule has 0 atom stereocenters. The van der Waals surface area contributed by atoms with Crippen molar-refractivity contribution >= 4 is 34.7 Å². The third-order valence-electron chi connectivity index (χ3n) is 2.51. The average molecular weight is 276 g/mol. The number of aromatic nitrogens is 4. The molecule has 18 heavy (non-hydrogen) atoms. The van der Waals surface area contributed by atoms with Crippen LogP contribution in [-0.4, -0.2) is 19.5 Å². The van der Waals surface area contributed by atoms with Gasteiger partial charge in [-0.1, -0.05) is 6.07 Å². The van der Waals surface area contributed by atoms with Crippen LogP contribution >= 0.6 is 23.6 Å². The molecule has 5 nitrogen and oxygen atoms in total. The number of nitrogens with one attached hydrogen (secondary N) is 1. The van der Waals surface area contributed by atoms with E-state index in [0.29, 0.717) is 22.5 Å². The largest absolute Gasteiger partial charge is 0.315 e. The summed E-state index contributed by atoms with van der Waals surface area (Å²) < 4.78 is 1.86. The average Bonchev–Trinajstić information content (AvgIpc) is 2.87. The summed E-state index contributed by atoms with van der Waals surface area (Å²) in [6.45, 7) is 0.457. The van der Waals surface area contributed by atoms with E-state index in [4.69, 9.17) is 12.2 Å². The van der Waals surface area contributed by atoms with Crippen LogP contribution in [0.3, 0.4) is 0 Å². The van der Waals surface area contributed by atoms with Gasteiger partial charge in [0.1, 0.15) is 0 Å². The van der Waals surface area contributed by atoms with E-state index in [1.165, 1.54) is 17.0 Å². The summed E-state index contributed by atoms with van der Waals surface area (Å²) in [4.78, 5) is 24.3. The number of thiophene rings is 1. The Hall–Kier alpha value is -1.86. The molecule has 0 saturated heterocycles. The van der Waals surface area contributed by atoms with E-state index < -0.39 is 0 Å². The van der Waals surface area contributed by atoms with Crippen molar-refractivity contribution in [1.29, 1.82) is 0 Å². The molecule has 0 aliphatic rings. The van der Waals surface area contributed by atoms with Gasteiger partial charge in [0.05, 0.1) is 6.54 Å². The lowest BCUT2D eigenvalue weighted by molar-refractivity contribution is 0.739. The minimum atomic E-state index is -0.213. The maximum absolute atomic E-state index is 12.3. The molecule has 0 aliphatic carbocycles. The molecule has 3 aromatic rings. The molecule has 0 saturated carbocycles. The van der Waals surface area contributed by atoms with Crippen molar-refractivity contribution in [3.8, 4) is 0 Å². The van der Waals surface area contributed by atoms with Crippen LogP contribution in [0.1, 0.15) is 4.88 Å². The normalized spacial score (nSPS) is 10.9. The van der Waals surface area contributed by atoms with E-state index in [1.54, 1.807) is 11.3 Å².